The summed E-state index contributed by atoms with van der Waals surface area (Å²) in [6.07, 6.45) is 2.74. The maximum atomic E-state index is 12.3. The van der Waals surface area contributed by atoms with Crippen LogP contribution in [0.1, 0.15) is 18.4 Å². The van der Waals surface area contributed by atoms with Crippen molar-refractivity contribution in [3.05, 3.63) is 35.9 Å². The van der Waals surface area contributed by atoms with Crippen LogP contribution in [0.15, 0.2) is 30.3 Å². The summed E-state index contributed by atoms with van der Waals surface area (Å²) in [6.45, 7) is 1.34. The Hall–Kier alpha value is -2.35. The van der Waals surface area contributed by atoms with Gasteiger partial charge in [-0.05, 0) is 30.7 Å². The highest BCUT2D eigenvalue weighted by Gasteiger charge is 2.30. The van der Waals surface area contributed by atoms with Crippen molar-refractivity contribution < 1.29 is 19.2 Å². The second-order valence-corrected chi connectivity index (χ2v) is 7.71. The number of amides is 4. The third kappa shape index (κ3) is 5.09. The molecule has 3 rings (SSSR count). The smallest absolute Gasteiger partial charge is 0.311 e. The van der Waals surface area contributed by atoms with Gasteiger partial charge in [-0.1, -0.05) is 42.1 Å². The van der Waals surface area contributed by atoms with E-state index in [1.165, 1.54) is 5.56 Å². The van der Waals surface area contributed by atoms with Crippen molar-refractivity contribution >= 4 is 34.7 Å². The Bertz CT molecular complexity index is 701. The Morgan fingerprint density at radius 3 is 2.44 bits per heavy atom. The van der Waals surface area contributed by atoms with Crippen molar-refractivity contribution in [2.75, 3.05) is 31.9 Å². The number of nitrogens with one attached hydrogen (secondary N) is 1. The molecule has 2 aliphatic heterocycles. The van der Waals surface area contributed by atoms with Gasteiger partial charge in [-0.3, -0.25) is 24.1 Å². The van der Waals surface area contributed by atoms with Crippen LogP contribution in [0.3, 0.4) is 0 Å². The first-order valence-electron chi connectivity index (χ1n) is 9.12. The van der Waals surface area contributed by atoms with Crippen molar-refractivity contribution in [3.8, 4) is 0 Å². The second-order valence-electron chi connectivity index (χ2n) is 6.78. The molecule has 0 aromatic heterocycles. The van der Waals surface area contributed by atoms with Gasteiger partial charge in [-0.25, -0.2) is 0 Å². The molecule has 0 radical (unpaired) electrons. The number of nitrogens with zero attached hydrogens (tertiary/aromatic N) is 2. The minimum absolute atomic E-state index is 0.0904. The third-order valence-corrected chi connectivity index (χ3v) is 5.78. The van der Waals surface area contributed by atoms with Crippen LogP contribution >= 0.6 is 11.8 Å². The predicted octanol–water partition coefficient (Wildman–Crippen LogP) is 1.28. The fraction of sp³-hybridized carbons (Fsp3) is 0.474. The van der Waals surface area contributed by atoms with Gasteiger partial charge in [0.05, 0.1) is 5.75 Å². The van der Waals surface area contributed by atoms with Crippen LogP contribution in [-0.2, 0) is 20.8 Å². The summed E-state index contributed by atoms with van der Waals surface area (Å²) in [5.74, 6) is -0.816. The van der Waals surface area contributed by atoms with Crippen molar-refractivity contribution in [1.82, 2.24) is 15.1 Å². The van der Waals surface area contributed by atoms with E-state index < -0.39 is 11.8 Å². The normalized spacial score (nSPS) is 18.1. The Balaban J connectivity index is 1.38. The van der Waals surface area contributed by atoms with E-state index in [9.17, 15) is 19.2 Å². The van der Waals surface area contributed by atoms with Crippen LogP contribution < -0.4 is 5.32 Å². The number of rotatable bonds is 5. The van der Waals surface area contributed by atoms with Crippen LogP contribution in [-0.4, -0.2) is 64.7 Å². The topological polar surface area (TPSA) is 86.8 Å². The summed E-state index contributed by atoms with van der Waals surface area (Å²) < 4.78 is 0. The Morgan fingerprint density at radius 1 is 1.11 bits per heavy atom. The van der Waals surface area contributed by atoms with Crippen LogP contribution in [0.2, 0.25) is 0 Å². The Labute approximate surface area is 162 Å². The van der Waals surface area contributed by atoms with E-state index in [0.717, 1.165) is 35.9 Å². The molecule has 7 nitrogen and oxygen atoms in total. The average molecular weight is 389 g/mol. The van der Waals surface area contributed by atoms with Gasteiger partial charge in [0, 0.05) is 26.2 Å². The lowest BCUT2D eigenvalue weighted by Gasteiger charge is -2.31. The van der Waals surface area contributed by atoms with Gasteiger partial charge in [0.15, 0.2) is 0 Å². The summed E-state index contributed by atoms with van der Waals surface area (Å²) >= 11 is 0.952. The minimum atomic E-state index is -0.678. The molecule has 0 unspecified atom stereocenters. The highest BCUT2D eigenvalue weighted by molar-refractivity contribution is 8.14. The largest absolute Gasteiger partial charge is 0.346 e. The minimum Gasteiger partial charge on any atom is -0.346 e. The fourth-order valence-corrected chi connectivity index (χ4v) is 4.14. The van der Waals surface area contributed by atoms with Gasteiger partial charge in [0.25, 0.3) is 5.24 Å². The van der Waals surface area contributed by atoms with Gasteiger partial charge in [-0.2, -0.15) is 0 Å². The molecule has 0 atom stereocenters. The quantitative estimate of drug-likeness (QED) is 0.767. The molecule has 0 bridgehead atoms. The number of hydrogen-bond donors (Lipinski definition) is 1. The van der Waals surface area contributed by atoms with E-state index in [1.54, 1.807) is 4.90 Å². The van der Waals surface area contributed by atoms with E-state index in [-0.39, 0.29) is 30.0 Å². The van der Waals surface area contributed by atoms with Crippen LogP contribution in [0.4, 0.5) is 4.79 Å². The lowest BCUT2D eigenvalue weighted by Crippen LogP contribution is -2.48. The molecule has 1 N–H and O–H groups in total. The summed E-state index contributed by atoms with van der Waals surface area (Å²) in [6, 6.07) is 10.3. The zero-order valence-corrected chi connectivity index (χ0v) is 15.9. The van der Waals surface area contributed by atoms with Crippen molar-refractivity contribution in [2.45, 2.75) is 19.3 Å². The lowest BCUT2D eigenvalue weighted by atomic mass is 9.90. The molecule has 27 heavy (non-hydrogen) atoms. The average Bonchev–Trinajstić information content (AvgIpc) is 3.01. The van der Waals surface area contributed by atoms with E-state index in [4.69, 9.17) is 0 Å². The first-order chi connectivity index (χ1) is 13.0. The zero-order chi connectivity index (χ0) is 19.2. The first-order valence-corrected chi connectivity index (χ1v) is 10.1. The van der Waals surface area contributed by atoms with Gasteiger partial charge in [0.1, 0.15) is 0 Å². The molecule has 0 spiro atoms. The molecule has 8 heteroatoms. The summed E-state index contributed by atoms with van der Waals surface area (Å²) in [7, 11) is 0. The number of likely N-dealkylation sites (tertiary alicyclic amines) is 1. The molecular formula is C19H23N3O4S. The molecule has 144 valence electrons. The fourth-order valence-electron chi connectivity index (χ4n) is 3.39. The molecule has 2 fully saturated rings. The summed E-state index contributed by atoms with van der Waals surface area (Å²) in [4.78, 5) is 50.0. The molecule has 0 aliphatic carbocycles. The van der Waals surface area contributed by atoms with Gasteiger partial charge in [0.2, 0.25) is 5.91 Å². The number of benzene rings is 1. The van der Waals surface area contributed by atoms with E-state index in [2.05, 4.69) is 17.4 Å². The third-order valence-electron chi connectivity index (χ3n) is 4.92. The highest BCUT2D eigenvalue weighted by Crippen LogP contribution is 2.21. The number of hydrogen-bond acceptors (Lipinski definition) is 5. The Kier molecular flexibility index (Phi) is 6.49. The number of carbonyl (C=O) groups excluding carboxylic acids is 4. The van der Waals surface area contributed by atoms with E-state index in [1.807, 2.05) is 18.2 Å². The van der Waals surface area contributed by atoms with Crippen LogP contribution in [0.5, 0.6) is 0 Å². The molecule has 4 amide bonds. The van der Waals surface area contributed by atoms with Crippen molar-refractivity contribution in [1.29, 1.82) is 0 Å². The zero-order valence-electron chi connectivity index (χ0n) is 15.1. The lowest BCUT2D eigenvalue weighted by molar-refractivity contribution is -0.146. The molecule has 1 aromatic rings. The van der Waals surface area contributed by atoms with Gasteiger partial charge in [-0.15, -0.1) is 0 Å². The maximum Gasteiger partial charge on any atom is 0.311 e. The van der Waals surface area contributed by atoms with Gasteiger partial charge < -0.3 is 10.2 Å². The first kappa shape index (κ1) is 19.4. The predicted molar refractivity (Wildman–Crippen MR) is 102 cm³/mol. The molecule has 0 saturated carbocycles. The maximum absolute atomic E-state index is 12.3. The van der Waals surface area contributed by atoms with Crippen LogP contribution in [0.25, 0.3) is 0 Å². The standard InChI is InChI=1S/C19H23N3O4S/c23-16-13-27-19(26)22(16)11-8-20-17(24)18(25)21-9-6-15(7-10-21)12-14-4-2-1-3-5-14/h1-5,15H,6-13H2,(H,20,24). The van der Waals surface area contributed by atoms with E-state index in [0.29, 0.717) is 19.0 Å². The molecule has 2 heterocycles. The number of piperidine rings is 1. The summed E-state index contributed by atoms with van der Waals surface area (Å²) in [5, 5.41) is 2.21. The van der Waals surface area contributed by atoms with Crippen LogP contribution in [0, 0.1) is 5.92 Å². The molecule has 2 aliphatic rings. The molecule has 1 aromatic carbocycles. The Morgan fingerprint density at radius 2 is 1.81 bits per heavy atom. The second kappa shape index (κ2) is 9.03. The number of thioether (sulfide) groups is 1. The molecule has 2 saturated heterocycles. The number of imide groups is 1. The van der Waals surface area contributed by atoms with Crippen molar-refractivity contribution in [3.63, 3.8) is 0 Å². The van der Waals surface area contributed by atoms with Crippen molar-refractivity contribution in [2.24, 2.45) is 5.92 Å². The molecular weight excluding hydrogens is 366 g/mol. The highest BCUT2D eigenvalue weighted by atomic mass is 32.2. The summed E-state index contributed by atoms with van der Waals surface area (Å²) in [5.41, 5.74) is 1.30. The van der Waals surface area contributed by atoms with E-state index >= 15 is 0 Å². The monoisotopic (exact) mass is 389 g/mol. The number of carbonyl (C=O) groups is 4. The van der Waals surface area contributed by atoms with Gasteiger partial charge >= 0.3 is 11.8 Å². The SMILES string of the molecule is O=C(NCCN1C(=O)CSC1=O)C(=O)N1CCC(Cc2ccccc2)CC1.